The largest absolute Gasteiger partial charge is 0.340 e. The summed E-state index contributed by atoms with van der Waals surface area (Å²) in [7, 11) is 0. The van der Waals surface area contributed by atoms with E-state index >= 15 is 0 Å². The molecule has 2 amide bonds. The summed E-state index contributed by atoms with van der Waals surface area (Å²) < 4.78 is 0. The summed E-state index contributed by atoms with van der Waals surface area (Å²) in [6.45, 7) is 2.04. The number of amides is 2. The zero-order valence-corrected chi connectivity index (χ0v) is 17.9. The molecule has 1 aliphatic heterocycles. The predicted molar refractivity (Wildman–Crippen MR) is 128 cm³/mol. The van der Waals surface area contributed by atoms with E-state index in [1.165, 1.54) is 0 Å². The predicted octanol–water partition coefficient (Wildman–Crippen LogP) is 5.29. The second-order valence-corrected chi connectivity index (χ2v) is 8.18. The molecule has 1 N–H and O–H groups in total. The van der Waals surface area contributed by atoms with Gasteiger partial charge in [0.1, 0.15) is 6.04 Å². The molecule has 0 spiro atoms. The lowest BCUT2D eigenvalue weighted by Gasteiger charge is -2.39. The molecule has 0 fully saturated rings. The number of nitrogens with zero attached hydrogens (tertiary/aromatic N) is 1. The van der Waals surface area contributed by atoms with Gasteiger partial charge in [-0.15, -0.1) is 0 Å². The highest BCUT2D eigenvalue weighted by atomic mass is 16.2. The van der Waals surface area contributed by atoms with Gasteiger partial charge >= 0.3 is 0 Å². The van der Waals surface area contributed by atoms with Gasteiger partial charge in [-0.05, 0) is 47.0 Å². The summed E-state index contributed by atoms with van der Waals surface area (Å²) >= 11 is 0. The quantitative estimate of drug-likeness (QED) is 0.488. The molecule has 4 heteroatoms. The minimum Gasteiger partial charge on any atom is -0.340 e. The Kier molecular flexibility index (Phi) is 5.20. The number of hydrogen-bond acceptors (Lipinski definition) is 2. The molecule has 0 saturated carbocycles. The van der Waals surface area contributed by atoms with Crippen LogP contribution in [0.2, 0.25) is 0 Å². The van der Waals surface area contributed by atoms with Crippen molar-refractivity contribution in [1.29, 1.82) is 0 Å². The molecule has 0 bridgehead atoms. The highest BCUT2D eigenvalue weighted by Gasteiger charge is 2.37. The SMILES string of the molecule is C[C@@H](c1ccccc1)N1C(=O)[C@H](NC(=O)c2ccccc2)Cc2c1ccc1ccccc21. The van der Waals surface area contributed by atoms with Crippen LogP contribution in [0.15, 0.2) is 97.1 Å². The van der Waals surface area contributed by atoms with E-state index in [0.717, 1.165) is 27.6 Å². The smallest absolute Gasteiger partial charge is 0.251 e. The van der Waals surface area contributed by atoms with Crippen molar-refractivity contribution in [2.75, 3.05) is 4.90 Å². The van der Waals surface area contributed by atoms with Crippen LogP contribution in [-0.2, 0) is 11.2 Å². The maximum atomic E-state index is 13.7. The maximum Gasteiger partial charge on any atom is 0.251 e. The highest BCUT2D eigenvalue weighted by Crippen LogP contribution is 2.38. The van der Waals surface area contributed by atoms with Gasteiger partial charge in [0.25, 0.3) is 5.91 Å². The average Bonchev–Trinajstić information content (AvgIpc) is 2.85. The first-order chi connectivity index (χ1) is 15.6. The van der Waals surface area contributed by atoms with Crippen molar-refractivity contribution in [2.45, 2.75) is 25.4 Å². The first-order valence-corrected chi connectivity index (χ1v) is 10.9. The van der Waals surface area contributed by atoms with Gasteiger partial charge in [0.15, 0.2) is 0 Å². The monoisotopic (exact) mass is 420 g/mol. The number of nitrogens with one attached hydrogen (secondary N) is 1. The molecule has 0 aliphatic carbocycles. The Hall–Kier alpha value is -3.92. The van der Waals surface area contributed by atoms with Crippen LogP contribution in [-0.4, -0.2) is 17.9 Å². The fourth-order valence-corrected chi connectivity index (χ4v) is 4.57. The number of hydrogen-bond donors (Lipinski definition) is 1. The van der Waals surface area contributed by atoms with E-state index in [-0.39, 0.29) is 17.9 Å². The van der Waals surface area contributed by atoms with Crippen LogP contribution in [0.4, 0.5) is 5.69 Å². The maximum absolute atomic E-state index is 13.7. The van der Waals surface area contributed by atoms with E-state index < -0.39 is 6.04 Å². The third kappa shape index (κ3) is 3.54. The fraction of sp³-hybridized carbons (Fsp3) is 0.143. The van der Waals surface area contributed by atoms with Gasteiger partial charge in [-0.2, -0.15) is 0 Å². The van der Waals surface area contributed by atoms with E-state index in [9.17, 15) is 9.59 Å². The molecular formula is C28H24N2O2. The standard InChI is InChI=1S/C28H24N2O2/c1-19(20-10-4-2-5-11-20)30-26-17-16-21-12-8-9-15-23(21)24(26)18-25(28(30)32)29-27(31)22-13-6-3-7-14-22/h2-17,19,25H,18H2,1H3,(H,29,31)/t19-,25+/m0/s1. The molecule has 5 rings (SSSR count). The van der Waals surface area contributed by atoms with Gasteiger partial charge in [-0.1, -0.05) is 78.9 Å². The van der Waals surface area contributed by atoms with Crippen LogP contribution in [0, 0.1) is 0 Å². The van der Waals surface area contributed by atoms with Crippen molar-refractivity contribution in [3.63, 3.8) is 0 Å². The summed E-state index contributed by atoms with van der Waals surface area (Å²) in [5, 5.41) is 5.24. The molecule has 4 aromatic rings. The summed E-state index contributed by atoms with van der Waals surface area (Å²) in [5.74, 6) is -0.326. The zero-order valence-electron chi connectivity index (χ0n) is 17.9. The molecule has 4 nitrogen and oxygen atoms in total. The van der Waals surface area contributed by atoms with Crippen molar-refractivity contribution in [1.82, 2.24) is 5.32 Å². The van der Waals surface area contributed by atoms with Crippen molar-refractivity contribution in [3.8, 4) is 0 Å². The summed E-state index contributed by atoms with van der Waals surface area (Å²) in [6, 6.07) is 30.5. The van der Waals surface area contributed by atoms with Gasteiger partial charge in [0.2, 0.25) is 5.91 Å². The van der Waals surface area contributed by atoms with Crippen molar-refractivity contribution >= 4 is 28.3 Å². The average molecular weight is 421 g/mol. The zero-order chi connectivity index (χ0) is 22.1. The minimum atomic E-state index is -0.632. The van der Waals surface area contributed by atoms with Gasteiger partial charge in [0.05, 0.1) is 6.04 Å². The number of benzene rings is 4. The Balaban J connectivity index is 1.59. The molecule has 2 atom stereocenters. The summed E-state index contributed by atoms with van der Waals surface area (Å²) in [5.41, 5.74) is 3.60. The second-order valence-electron chi connectivity index (χ2n) is 8.18. The molecule has 0 saturated heterocycles. The van der Waals surface area contributed by atoms with E-state index in [2.05, 4.69) is 23.5 Å². The van der Waals surface area contributed by atoms with Gasteiger partial charge in [-0.25, -0.2) is 0 Å². The van der Waals surface area contributed by atoms with Crippen LogP contribution >= 0.6 is 0 Å². The Morgan fingerprint density at radius 3 is 2.28 bits per heavy atom. The number of anilines is 1. The molecule has 0 radical (unpaired) electrons. The Labute approximate surface area is 187 Å². The lowest BCUT2D eigenvalue weighted by molar-refractivity contribution is -0.121. The minimum absolute atomic E-state index is 0.0894. The Morgan fingerprint density at radius 1 is 0.875 bits per heavy atom. The van der Waals surface area contributed by atoms with Crippen molar-refractivity contribution in [2.24, 2.45) is 0 Å². The second kappa shape index (κ2) is 8.31. The van der Waals surface area contributed by atoms with Crippen molar-refractivity contribution in [3.05, 3.63) is 114 Å². The van der Waals surface area contributed by atoms with E-state index in [0.29, 0.717) is 12.0 Å². The van der Waals surface area contributed by atoms with Crippen LogP contribution in [0.1, 0.15) is 34.5 Å². The molecular weight excluding hydrogens is 396 g/mol. The van der Waals surface area contributed by atoms with Crippen LogP contribution < -0.4 is 10.2 Å². The van der Waals surface area contributed by atoms with Crippen molar-refractivity contribution < 1.29 is 9.59 Å². The topological polar surface area (TPSA) is 49.4 Å². The van der Waals surface area contributed by atoms with Gasteiger partial charge < -0.3 is 10.2 Å². The highest BCUT2D eigenvalue weighted by molar-refractivity contribution is 6.07. The van der Waals surface area contributed by atoms with Gasteiger partial charge in [0, 0.05) is 17.7 Å². The molecule has 0 aromatic heterocycles. The summed E-state index contributed by atoms with van der Waals surface area (Å²) in [4.78, 5) is 28.5. The molecule has 1 heterocycles. The summed E-state index contributed by atoms with van der Waals surface area (Å²) in [6.07, 6.45) is 0.464. The lowest BCUT2D eigenvalue weighted by atomic mass is 9.90. The normalized spacial score (nSPS) is 16.5. The van der Waals surface area contributed by atoms with E-state index in [1.807, 2.05) is 78.6 Å². The molecule has 1 aliphatic rings. The Morgan fingerprint density at radius 2 is 1.53 bits per heavy atom. The molecule has 32 heavy (non-hydrogen) atoms. The van der Waals surface area contributed by atoms with Gasteiger partial charge in [-0.3, -0.25) is 9.59 Å². The number of carbonyl (C=O) groups excluding carboxylic acids is 2. The lowest BCUT2D eigenvalue weighted by Crippen LogP contribution is -2.53. The molecule has 4 aromatic carbocycles. The Bertz CT molecular complexity index is 1280. The molecule has 158 valence electrons. The van der Waals surface area contributed by atoms with E-state index in [4.69, 9.17) is 0 Å². The van der Waals surface area contributed by atoms with Crippen LogP contribution in [0.25, 0.3) is 10.8 Å². The van der Waals surface area contributed by atoms with E-state index in [1.54, 1.807) is 12.1 Å². The third-order valence-electron chi connectivity index (χ3n) is 6.23. The van der Waals surface area contributed by atoms with Crippen LogP contribution in [0.3, 0.4) is 0 Å². The number of rotatable bonds is 4. The van der Waals surface area contributed by atoms with Crippen LogP contribution in [0.5, 0.6) is 0 Å². The first-order valence-electron chi connectivity index (χ1n) is 10.9. The fourth-order valence-electron chi connectivity index (χ4n) is 4.57. The first kappa shape index (κ1) is 20.0. The third-order valence-corrected chi connectivity index (χ3v) is 6.23. The number of fused-ring (bicyclic) bond motifs is 3. The molecule has 0 unspecified atom stereocenters. The number of carbonyl (C=O) groups is 2.